The molecule has 0 radical (unpaired) electrons. The molecule has 3 aromatic rings. The van der Waals surface area contributed by atoms with Crippen LogP contribution in [0.5, 0.6) is 5.75 Å². The van der Waals surface area contributed by atoms with Gasteiger partial charge >= 0.3 is 24.0 Å². The quantitative estimate of drug-likeness (QED) is 0.304. The minimum atomic E-state index is -6.36. The van der Waals surface area contributed by atoms with Crippen molar-refractivity contribution in [2.24, 2.45) is 7.05 Å². The molecule has 17 heteroatoms. The molecule has 33 heavy (non-hydrogen) atoms. The van der Waals surface area contributed by atoms with E-state index in [4.69, 9.17) is 4.74 Å². The Morgan fingerprint density at radius 3 is 2.24 bits per heavy atom. The van der Waals surface area contributed by atoms with Crippen LogP contribution in [-0.4, -0.2) is 43.0 Å². The number of ether oxygens (including phenoxy) is 1. The second kappa shape index (κ2) is 7.66. The summed E-state index contributed by atoms with van der Waals surface area (Å²) < 4.78 is 112. The number of nitro groups is 1. The van der Waals surface area contributed by atoms with Crippen molar-refractivity contribution in [3.63, 3.8) is 0 Å². The summed E-state index contributed by atoms with van der Waals surface area (Å²) in [4.78, 5) is 10.3. The average molecular weight is 486 g/mol. The van der Waals surface area contributed by atoms with E-state index in [-0.39, 0.29) is 26.4 Å². The molecule has 1 aromatic carbocycles. The Kier molecular flexibility index (Phi) is 5.54. The highest BCUT2D eigenvalue weighted by Gasteiger charge is 2.64. The fraction of sp³-hybridized carbons (Fsp3) is 0.312. The number of hydrogen-bond donors (Lipinski definition) is 0. The Hall–Kier alpha value is -3.79. The molecule has 0 saturated carbocycles. The lowest BCUT2D eigenvalue weighted by Gasteiger charge is -2.19. The average Bonchev–Trinajstić information content (AvgIpc) is 3.30. The molecule has 178 valence electrons. The predicted molar refractivity (Wildman–Crippen MR) is 91.7 cm³/mol. The zero-order chi connectivity index (χ0) is 24.9. The van der Waals surface area contributed by atoms with Crippen molar-refractivity contribution in [1.82, 2.24) is 24.8 Å². The van der Waals surface area contributed by atoms with Gasteiger partial charge in [-0.3, -0.25) is 10.1 Å². The second-order valence-electron chi connectivity index (χ2n) is 6.40. The lowest BCUT2D eigenvalue weighted by atomic mass is 10.1. The van der Waals surface area contributed by atoms with Crippen LogP contribution < -0.4 is 4.74 Å². The normalized spacial score (nSPS) is 12.8. The van der Waals surface area contributed by atoms with Gasteiger partial charge < -0.3 is 4.74 Å². The second-order valence-corrected chi connectivity index (χ2v) is 6.40. The maximum absolute atomic E-state index is 13.8. The third-order valence-electron chi connectivity index (χ3n) is 4.34. The molecule has 0 atom stereocenters. The van der Waals surface area contributed by atoms with E-state index >= 15 is 0 Å². The van der Waals surface area contributed by atoms with Crippen LogP contribution >= 0.6 is 0 Å². The summed E-state index contributed by atoms with van der Waals surface area (Å²) in [5, 5.41) is 20.8. The van der Waals surface area contributed by atoms with Gasteiger partial charge in [0.1, 0.15) is 11.3 Å². The molecule has 0 saturated heterocycles. The van der Waals surface area contributed by atoms with Crippen molar-refractivity contribution in [1.29, 1.82) is 0 Å². The monoisotopic (exact) mass is 486 g/mol. The van der Waals surface area contributed by atoms with Gasteiger partial charge in [0.2, 0.25) is 5.75 Å². The maximum Gasteiger partial charge on any atom is 0.459 e. The highest BCUT2D eigenvalue weighted by molar-refractivity contribution is 5.72. The van der Waals surface area contributed by atoms with Crippen molar-refractivity contribution in [2.75, 3.05) is 7.11 Å². The van der Waals surface area contributed by atoms with Crippen LogP contribution in [0.3, 0.4) is 0 Å². The molecule has 2 heterocycles. The molecule has 0 aliphatic rings. The van der Waals surface area contributed by atoms with Gasteiger partial charge in [-0.05, 0) is 6.07 Å². The fourth-order valence-electron chi connectivity index (χ4n) is 2.97. The molecular weight excluding hydrogens is 476 g/mol. The molecule has 0 unspecified atom stereocenters. The summed E-state index contributed by atoms with van der Waals surface area (Å²) in [5.74, 6) is -7.55. The molecule has 0 aliphatic heterocycles. The number of aromatic nitrogens is 5. The number of para-hydroxylation sites is 1. The van der Waals surface area contributed by atoms with Gasteiger partial charge in [0.25, 0.3) is 0 Å². The van der Waals surface area contributed by atoms with Crippen molar-refractivity contribution in [3.05, 3.63) is 45.8 Å². The number of aryl methyl sites for hydroxylation is 1. The van der Waals surface area contributed by atoms with Gasteiger partial charge in [-0.2, -0.15) is 40.2 Å². The van der Waals surface area contributed by atoms with Crippen LogP contribution in [-0.2, 0) is 19.1 Å². The molecule has 0 amide bonds. The number of alkyl halides is 8. The van der Waals surface area contributed by atoms with Gasteiger partial charge in [0.15, 0.2) is 11.5 Å². The van der Waals surface area contributed by atoms with Crippen molar-refractivity contribution in [2.45, 2.75) is 18.3 Å². The van der Waals surface area contributed by atoms with Crippen LogP contribution in [0.2, 0.25) is 0 Å². The molecule has 3 rings (SSSR count). The third kappa shape index (κ3) is 3.93. The predicted octanol–water partition coefficient (Wildman–Crippen LogP) is 4.26. The number of benzene rings is 1. The van der Waals surface area contributed by atoms with Crippen molar-refractivity contribution >= 4 is 5.69 Å². The Morgan fingerprint density at radius 2 is 1.73 bits per heavy atom. The van der Waals surface area contributed by atoms with Crippen LogP contribution in [0.4, 0.5) is 40.8 Å². The molecule has 0 spiro atoms. The first-order valence-electron chi connectivity index (χ1n) is 8.45. The van der Waals surface area contributed by atoms with E-state index in [9.17, 15) is 45.2 Å². The SMILES string of the molecule is COc1c(-c2cn(-c3c(C(F)(F)F)c(C(F)(F)C(F)(F)F)nn3C)nn2)cccc1[N+](=O)[O-]. The van der Waals surface area contributed by atoms with Crippen LogP contribution in [0, 0.1) is 10.1 Å². The minimum Gasteiger partial charge on any atom is -0.490 e. The molecule has 0 N–H and O–H groups in total. The summed E-state index contributed by atoms with van der Waals surface area (Å²) >= 11 is 0. The first-order valence-corrected chi connectivity index (χ1v) is 8.45. The molecule has 9 nitrogen and oxygen atoms in total. The number of nitrogens with zero attached hydrogens (tertiary/aromatic N) is 6. The largest absolute Gasteiger partial charge is 0.490 e. The highest BCUT2D eigenvalue weighted by Crippen LogP contribution is 2.49. The molecule has 0 aliphatic carbocycles. The Balaban J connectivity index is 2.24. The fourth-order valence-corrected chi connectivity index (χ4v) is 2.97. The summed E-state index contributed by atoms with van der Waals surface area (Å²) in [7, 11) is 1.78. The lowest BCUT2D eigenvalue weighted by Crippen LogP contribution is -2.36. The van der Waals surface area contributed by atoms with Crippen molar-refractivity contribution < 1.29 is 44.8 Å². The van der Waals surface area contributed by atoms with Crippen LogP contribution in [0.1, 0.15) is 11.3 Å². The third-order valence-corrected chi connectivity index (χ3v) is 4.34. The summed E-state index contributed by atoms with van der Waals surface area (Å²) in [6.07, 6.45) is -11.3. The number of rotatable bonds is 5. The van der Waals surface area contributed by atoms with Gasteiger partial charge in [0.05, 0.1) is 23.8 Å². The van der Waals surface area contributed by atoms with Gasteiger partial charge in [0, 0.05) is 13.1 Å². The van der Waals surface area contributed by atoms with Gasteiger partial charge in [-0.1, -0.05) is 11.3 Å². The zero-order valence-electron chi connectivity index (χ0n) is 16.2. The number of nitro benzene ring substituents is 1. The summed E-state index contributed by atoms with van der Waals surface area (Å²) in [6.45, 7) is 0. The summed E-state index contributed by atoms with van der Waals surface area (Å²) in [5.41, 5.74) is -5.86. The Morgan fingerprint density at radius 1 is 1.09 bits per heavy atom. The van der Waals surface area contributed by atoms with Crippen molar-refractivity contribution in [3.8, 4) is 22.8 Å². The van der Waals surface area contributed by atoms with E-state index in [1.54, 1.807) is 0 Å². The van der Waals surface area contributed by atoms with E-state index in [0.29, 0.717) is 7.05 Å². The van der Waals surface area contributed by atoms with E-state index in [0.717, 1.165) is 19.4 Å². The standard InChI is InChI=1S/C16H10F8N6O3/c1-28-13(10(15(19,20)21)12(26-28)14(17,18)16(22,23)24)29-6-8(25-27-29)7-4-3-5-9(30(31)32)11(7)33-2/h3-6H,1-2H3. The van der Waals surface area contributed by atoms with E-state index < -0.39 is 46.0 Å². The maximum atomic E-state index is 13.8. The van der Waals surface area contributed by atoms with E-state index in [1.165, 1.54) is 12.1 Å². The Bertz CT molecular complexity index is 1210. The number of methoxy groups -OCH3 is 1. The van der Waals surface area contributed by atoms with Crippen LogP contribution in [0.15, 0.2) is 24.4 Å². The number of hydrogen-bond acceptors (Lipinski definition) is 6. The van der Waals surface area contributed by atoms with Gasteiger partial charge in [-0.15, -0.1) is 5.10 Å². The highest BCUT2D eigenvalue weighted by atomic mass is 19.4. The molecule has 2 aromatic heterocycles. The van der Waals surface area contributed by atoms with Gasteiger partial charge in [-0.25, -0.2) is 9.36 Å². The smallest absolute Gasteiger partial charge is 0.459 e. The topological polar surface area (TPSA) is 101 Å². The Labute approximate surface area is 177 Å². The zero-order valence-corrected chi connectivity index (χ0v) is 16.2. The molecule has 0 bridgehead atoms. The van der Waals surface area contributed by atoms with E-state index in [1.807, 2.05) is 0 Å². The van der Waals surface area contributed by atoms with Crippen LogP contribution in [0.25, 0.3) is 17.1 Å². The van der Waals surface area contributed by atoms with E-state index in [2.05, 4.69) is 15.4 Å². The number of halogens is 8. The molecular formula is C16H10F8N6O3. The lowest BCUT2D eigenvalue weighted by molar-refractivity contribution is -0.385. The first-order chi connectivity index (χ1) is 15.1. The minimum absolute atomic E-state index is 0.102. The molecule has 0 fully saturated rings. The summed E-state index contributed by atoms with van der Waals surface area (Å²) in [6, 6.07) is 3.53. The first kappa shape index (κ1) is 23.9.